The molecule has 10 heteroatoms. The summed E-state index contributed by atoms with van der Waals surface area (Å²) in [5.74, 6) is 0.910. The van der Waals surface area contributed by atoms with Gasteiger partial charge in [0.2, 0.25) is 0 Å². The zero-order valence-electron chi connectivity index (χ0n) is 17.1. The number of anilines is 1. The Hall–Kier alpha value is -2.03. The van der Waals surface area contributed by atoms with E-state index < -0.39 is 5.91 Å². The van der Waals surface area contributed by atoms with Crippen molar-refractivity contribution in [2.24, 2.45) is 0 Å². The maximum Gasteiger partial charge on any atom is 0.267 e. The van der Waals surface area contributed by atoms with E-state index >= 15 is 0 Å². The van der Waals surface area contributed by atoms with Gasteiger partial charge >= 0.3 is 0 Å². The fraction of sp³-hybridized carbons (Fsp3) is 0.333. The van der Waals surface area contributed by atoms with Crippen molar-refractivity contribution in [3.63, 3.8) is 0 Å². The van der Waals surface area contributed by atoms with Crippen molar-refractivity contribution in [2.75, 3.05) is 25.5 Å². The summed E-state index contributed by atoms with van der Waals surface area (Å²) in [7, 11) is 1.67. The minimum absolute atomic E-state index is 0. The van der Waals surface area contributed by atoms with E-state index in [1.807, 2.05) is 12.1 Å². The van der Waals surface area contributed by atoms with Crippen LogP contribution in [0.25, 0.3) is 6.08 Å². The first-order valence-corrected chi connectivity index (χ1v) is 9.84. The number of amides is 1. The molecule has 1 fully saturated rings. The molecule has 3 rings (SSSR count). The van der Waals surface area contributed by atoms with E-state index in [-0.39, 0.29) is 24.8 Å². The quantitative estimate of drug-likeness (QED) is 0.307. The van der Waals surface area contributed by atoms with Crippen molar-refractivity contribution >= 4 is 54.2 Å². The van der Waals surface area contributed by atoms with Gasteiger partial charge in [-0.25, -0.2) is 10.5 Å². The molecule has 2 aromatic rings. The van der Waals surface area contributed by atoms with Crippen LogP contribution in [0.15, 0.2) is 42.6 Å². The van der Waals surface area contributed by atoms with Gasteiger partial charge in [-0.3, -0.25) is 14.9 Å². The summed E-state index contributed by atoms with van der Waals surface area (Å²) in [5, 5.41) is 12.4. The third-order valence-corrected chi connectivity index (χ3v) is 5.18. The second-order valence-electron chi connectivity index (χ2n) is 6.95. The summed E-state index contributed by atoms with van der Waals surface area (Å²) in [5.41, 5.74) is 3.50. The molecule has 0 atom stereocenters. The smallest absolute Gasteiger partial charge is 0.267 e. The standard InChI is InChI=1S/C21H25ClN4O3.2ClH/c1-29-18-5-2-15(3-6-18)14-26-10-8-17(9-11-26)24-21-19(22)12-16(13-23-21)4-7-20(27)25-28;;/h2-7,12-13,17,28H,8-11,14H2,1H3,(H,23,24)(H,25,27);2*1H/b7-4+;;. The lowest BCUT2D eigenvalue weighted by atomic mass is 10.0. The molecule has 7 nitrogen and oxygen atoms in total. The highest BCUT2D eigenvalue weighted by molar-refractivity contribution is 6.33. The molecule has 1 aliphatic heterocycles. The van der Waals surface area contributed by atoms with Crippen molar-refractivity contribution in [1.82, 2.24) is 15.4 Å². The maximum atomic E-state index is 11.0. The Balaban J connectivity index is 0.00000240. The molecule has 0 radical (unpaired) electrons. The lowest BCUT2D eigenvalue weighted by molar-refractivity contribution is -0.124. The number of methoxy groups -OCH3 is 1. The lowest BCUT2D eigenvalue weighted by Gasteiger charge is -2.32. The van der Waals surface area contributed by atoms with Crippen molar-refractivity contribution in [2.45, 2.75) is 25.4 Å². The number of nitrogens with one attached hydrogen (secondary N) is 2. The number of hydrogen-bond acceptors (Lipinski definition) is 6. The van der Waals surface area contributed by atoms with E-state index in [1.165, 1.54) is 23.2 Å². The van der Waals surface area contributed by atoms with Crippen molar-refractivity contribution < 1.29 is 14.7 Å². The first kappa shape index (κ1) is 27.0. The molecule has 0 aliphatic carbocycles. The molecular formula is C21H27Cl3N4O3. The van der Waals surface area contributed by atoms with Crippen LogP contribution in [0.1, 0.15) is 24.0 Å². The Kier molecular flexibility index (Phi) is 11.7. The SMILES string of the molecule is COc1ccc(CN2CCC(Nc3ncc(/C=C/C(=O)NO)cc3Cl)CC2)cc1.Cl.Cl. The van der Waals surface area contributed by atoms with Gasteiger partial charge in [-0.15, -0.1) is 24.8 Å². The monoisotopic (exact) mass is 488 g/mol. The molecular weight excluding hydrogens is 463 g/mol. The van der Waals surface area contributed by atoms with Crippen LogP contribution in [-0.2, 0) is 11.3 Å². The van der Waals surface area contributed by atoms with Gasteiger partial charge in [0.05, 0.1) is 12.1 Å². The van der Waals surface area contributed by atoms with E-state index in [9.17, 15) is 4.79 Å². The predicted octanol–water partition coefficient (Wildman–Crippen LogP) is 4.18. The third-order valence-electron chi connectivity index (χ3n) is 4.89. The molecule has 0 bridgehead atoms. The topological polar surface area (TPSA) is 86.7 Å². The van der Waals surface area contributed by atoms with Gasteiger partial charge in [-0.2, -0.15) is 0 Å². The summed E-state index contributed by atoms with van der Waals surface area (Å²) < 4.78 is 5.21. The van der Waals surface area contributed by atoms with Crippen molar-refractivity contribution in [3.8, 4) is 5.75 Å². The number of benzene rings is 1. The van der Waals surface area contributed by atoms with Gasteiger partial charge in [0.15, 0.2) is 0 Å². The average molecular weight is 490 g/mol. The Morgan fingerprint density at radius 3 is 2.55 bits per heavy atom. The second-order valence-corrected chi connectivity index (χ2v) is 7.36. The summed E-state index contributed by atoms with van der Waals surface area (Å²) in [6, 6.07) is 10.2. The normalized spacial score (nSPS) is 14.4. The highest BCUT2D eigenvalue weighted by Crippen LogP contribution is 2.24. The number of pyridine rings is 1. The van der Waals surface area contributed by atoms with E-state index in [0.717, 1.165) is 38.2 Å². The minimum Gasteiger partial charge on any atom is -0.497 e. The maximum absolute atomic E-state index is 11.0. The fourth-order valence-corrected chi connectivity index (χ4v) is 3.51. The van der Waals surface area contributed by atoms with Crippen LogP contribution in [0.3, 0.4) is 0 Å². The van der Waals surface area contributed by atoms with Gasteiger partial charge in [0, 0.05) is 37.9 Å². The molecule has 1 aliphatic rings. The van der Waals surface area contributed by atoms with Crippen LogP contribution in [0.5, 0.6) is 5.75 Å². The molecule has 1 amide bonds. The summed E-state index contributed by atoms with van der Waals surface area (Å²) >= 11 is 6.33. The molecule has 0 unspecified atom stereocenters. The Bertz CT molecular complexity index is 857. The molecule has 1 saturated heterocycles. The third kappa shape index (κ3) is 8.20. The van der Waals surface area contributed by atoms with Gasteiger partial charge in [-0.1, -0.05) is 23.7 Å². The lowest BCUT2D eigenvalue weighted by Crippen LogP contribution is -2.38. The zero-order valence-corrected chi connectivity index (χ0v) is 19.5. The summed E-state index contributed by atoms with van der Waals surface area (Å²) in [6.07, 6.45) is 6.39. The summed E-state index contributed by atoms with van der Waals surface area (Å²) in [6.45, 7) is 2.93. The zero-order chi connectivity index (χ0) is 20.6. The van der Waals surface area contributed by atoms with E-state index in [2.05, 4.69) is 27.3 Å². The van der Waals surface area contributed by atoms with Crippen molar-refractivity contribution in [1.29, 1.82) is 0 Å². The highest BCUT2D eigenvalue weighted by Gasteiger charge is 2.20. The highest BCUT2D eigenvalue weighted by atomic mass is 35.5. The Morgan fingerprint density at radius 1 is 1.29 bits per heavy atom. The number of piperidine rings is 1. The number of rotatable bonds is 7. The van der Waals surface area contributed by atoms with Gasteiger partial charge in [-0.05, 0) is 48.2 Å². The first-order valence-electron chi connectivity index (χ1n) is 9.47. The number of carbonyl (C=O) groups excluding carboxylic acids is 1. The van der Waals surface area contributed by atoms with Gasteiger partial charge in [0.1, 0.15) is 11.6 Å². The average Bonchev–Trinajstić information content (AvgIpc) is 2.75. The second kappa shape index (κ2) is 13.4. The van der Waals surface area contributed by atoms with Crippen LogP contribution in [-0.4, -0.2) is 47.2 Å². The number of nitrogens with zero attached hydrogens (tertiary/aromatic N) is 2. The molecule has 1 aromatic heterocycles. The number of halogens is 3. The number of hydroxylamine groups is 1. The molecule has 0 saturated carbocycles. The van der Waals surface area contributed by atoms with Gasteiger partial charge in [0.25, 0.3) is 5.91 Å². The van der Waals surface area contributed by atoms with E-state index in [1.54, 1.807) is 19.4 Å². The first-order chi connectivity index (χ1) is 14.1. The number of aromatic nitrogens is 1. The molecule has 31 heavy (non-hydrogen) atoms. The van der Waals surface area contributed by atoms with Crippen LogP contribution in [0.4, 0.5) is 5.82 Å². The molecule has 3 N–H and O–H groups in total. The van der Waals surface area contributed by atoms with Gasteiger partial charge < -0.3 is 10.1 Å². The van der Waals surface area contributed by atoms with E-state index in [4.69, 9.17) is 21.5 Å². The van der Waals surface area contributed by atoms with Crippen LogP contribution >= 0.6 is 36.4 Å². The number of carbonyl (C=O) groups is 1. The van der Waals surface area contributed by atoms with Crippen LogP contribution in [0, 0.1) is 0 Å². The van der Waals surface area contributed by atoms with Crippen molar-refractivity contribution in [3.05, 3.63) is 58.8 Å². The largest absolute Gasteiger partial charge is 0.497 e. The number of ether oxygens (including phenoxy) is 1. The minimum atomic E-state index is -0.607. The number of hydrogen-bond donors (Lipinski definition) is 3. The fourth-order valence-electron chi connectivity index (χ4n) is 3.28. The molecule has 1 aromatic carbocycles. The molecule has 0 spiro atoms. The number of likely N-dealkylation sites (tertiary alicyclic amines) is 1. The van der Waals surface area contributed by atoms with Crippen LogP contribution < -0.4 is 15.5 Å². The molecule has 2 heterocycles. The Labute approximate surface area is 199 Å². The summed E-state index contributed by atoms with van der Waals surface area (Å²) in [4.78, 5) is 17.9. The predicted molar refractivity (Wildman–Crippen MR) is 128 cm³/mol. The van der Waals surface area contributed by atoms with Crippen LogP contribution in [0.2, 0.25) is 5.02 Å². The van der Waals surface area contributed by atoms with E-state index in [0.29, 0.717) is 22.4 Å². The molecule has 170 valence electrons. The Morgan fingerprint density at radius 2 is 1.97 bits per heavy atom.